The van der Waals surface area contributed by atoms with Crippen LogP contribution in [0.1, 0.15) is 72.6 Å². The number of esters is 2. The van der Waals surface area contributed by atoms with Gasteiger partial charge in [0.05, 0.1) is 18.2 Å². The van der Waals surface area contributed by atoms with Crippen molar-refractivity contribution in [1.82, 2.24) is 15.1 Å². The number of carbonyl (C=O) groups excluding carboxylic acids is 5. The molecule has 0 radical (unpaired) electrons. The Morgan fingerprint density at radius 2 is 1.57 bits per heavy atom. The van der Waals surface area contributed by atoms with E-state index in [4.69, 9.17) is 18.9 Å². The molecule has 1 heterocycles. The van der Waals surface area contributed by atoms with Crippen LogP contribution in [0.2, 0.25) is 0 Å². The van der Waals surface area contributed by atoms with E-state index in [1.165, 1.54) is 15.9 Å². The molecule has 60 heavy (non-hydrogen) atoms. The van der Waals surface area contributed by atoms with Gasteiger partial charge in [0.15, 0.2) is 5.79 Å². The number of amides is 3. The highest BCUT2D eigenvalue weighted by Crippen LogP contribution is 2.45. The Balaban J connectivity index is 1.23. The monoisotopic (exact) mass is 821 g/mol. The molecule has 1 aliphatic heterocycles. The molecule has 0 saturated carbocycles. The maximum Gasteiger partial charge on any atom is 0.338 e. The summed E-state index contributed by atoms with van der Waals surface area (Å²) in [6.07, 6.45) is 3.66. The Morgan fingerprint density at radius 1 is 0.917 bits per heavy atom. The number of rotatable bonds is 14. The minimum absolute atomic E-state index is 0.00916. The number of hydrogen-bond acceptors (Lipinski definition) is 10. The fourth-order valence-electron chi connectivity index (χ4n) is 7.71. The SMILES string of the molecule is CN(C)C(=O)C=Cc1ccc(C(=O)O[C@@H]2CC(C(=O)N(C)[C@H](Cc3ccccc3)C(=O)N[C@H](CO)CCC(=O)OC(C)(C)C)=C[C@H]3OC4(Cc5ccccc5C4)O[C@H]32)cc1. The zero-order chi connectivity index (χ0) is 43.2. The predicted molar refractivity (Wildman–Crippen MR) is 223 cm³/mol. The number of fused-ring (bicyclic) bond motifs is 2. The van der Waals surface area contributed by atoms with Crippen LogP contribution in [-0.2, 0) is 57.4 Å². The molecular formula is C47H55N3O10. The van der Waals surface area contributed by atoms with E-state index in [1.54, 1.807) is 78.3 Å². The van der Waals surface area contributed by atoms with E-state index < -0.39 is 72.1 Å². The van der Waals surface area contributed by atoms with Gasteiger partial charge in [0.1, 0.15) is 30.0 Å². The second kappa shape index (κ2) is 18.7. The number of aliphatic hydroxyl groups excluding tert-OH is 1. The maximum atomic E-state index is 14.6. The van der Waals surface area contributed by atoms with Crippen molar-refractivity contribution >= 4 is 35.7 Å². The molecule has 2 aliphatic carbocycles. The molecule has 3 amide bonds. The fourth-order valence-corrected chi connectivity index (χ4v) is 7.71. The smallest absolute Gasteiger partial charge is 0.338 e. The van der Waals surface area contributed by atoms with Gasteiger partial charge in [-0.15, -0.1) is 0 Å². The molecule has 3 aromatic carbocycles. The highest BCUT2D eigenvalue weighted by atomic mass is 16.8. The number of benzene rings is 3. The molecule has 3 aromatic rings. The third kappa shape index (κ3) is 10.9. The van der Waals surface area contributed by atoms with Gasteiger partial charge in [-0.05, 0) is 73.7 Å². The van der Waals surface area contributed by atoms with Crippen LogP contribution >= 0.6 is 0 Å². The van der Waals surface area contributed by atoms with Crippen LogP contribution in [0.3, 0.4) is 0 Å². The Labute approximate surface area is 351 Å². The van der Waals surface area contributed by atoms with Gasteiger partial charge in [0.25, 0.3) is 0 Å². The van der Waals surface area contributed by atoms with E-state index in [9.17, 15) is 29.1 Å². The summed E-state index contributed by atoms with van der Waals surface area (Å²) in [6, 6.07) is 22.1. The Kier molecular flexibility index (Phi) is 13.7. The molecule has 1 spiro atoms. The second-order valence-corrected chi connectivity index (χ2v) is 16.9. The summed E-state index contributed by atoms with van der Waals surface area (Å²) in [5.74, 6) is -3.25. The molecule has 13 heteroatoms. The van der Waals surface area contributed by atoms with Crippen molar-refractivity contribution in [2.45, 2.75) is 101 Å². The lowest BCUT2D eigenvalue weighted by molar-refractivity contribution is -0.172. The minimum Gasteiger partial charge on any atom is -0.460 e. The van der Waals surface area contributed by atoms with Gasteiger partial charge in [0, 0.05) is 64.9 Å². The van der Waals surface area contributed by atoms with Crippen LogP contribution in [0.4, 0.5) is 0 Å². The molecule has 5 atom stereocenters. The van der Waals surface area contributed by atoms with Crippen molar-refractivity contribution in [1.29, 1.82) is 0 Å². The van der Waals surface area contributed by atoms with Crippen LogP contribution in [-0.4, -0.2) is 114 Å². The van der Waals surface area contributed by atoms with Crippen LogP contribution < -0.4 is 5.32 Å². The lowest BCUT2D eigenvalue weighted by Crippen LogP contribution is -2.53. The molecule has 1 saturated heterocycles. The number of carbonyl (C=O) groups is 5. The van der Waals surface area contributed by atoms with Crippen LogP contribution in [0.25, 0.3) is 6.08 Å². The number of nitrogens with zero attached hydrogens (tertiary/aromatic N) is 2. The van der Waals surface area contributed by atoms with Gasteiger partial charge in [-0.2, -0.15) is 0 Å². The summed E-state index contributed by atoms with van der Waals surface area (Å²) in [4.78, 5) is 69.7. The summed E-state index contributed by atoms with van der Waals surface area (Å²) in [7, 11) is 4.86. The Morgan fingerprint density at radius 3 is 2.18 bits per heavy atom. The van der Waals surface area contributed by atoms with Gasteiger partial charge in [-0.3, -0.25) is 19.2 Å². The summed E-state index contributed by atoms with van der Waals surface area (Å²) in [6.45, 7) is 4.86. The Hall–Kier alpha value is -5.63. The average Bonchev–Trinajstić information content (AvgIpc) is 3.77. The first kappa shape index (κ1) is 43.9. The van der Waals surface area contributed by atoms with E-state index in [-0.39, 0.29) is 42.7 Å². The minimum atomic E-state index is -1.02. The third-order valence-electron chi connectivity index (χ3n) is 10.8. The number of nitrogens with one attached hydrogen (secondary N) is 1. The van der Waals surface area contributed by atoms with Crippen molar-refractivity contribution in [3.8, 4) is 0 Å². The van der Waals surface area contributed by atoms with E-state index in [0.717, 1.165) is 22.3 Å². The summed E-state index contributed by atoms with van der Waals surface area (Å²) >= 11 is 0. The molecule has 0 unspecified atom stereocenters. The molecule has 0 aromatic heterocycles. The normalized spacial score (nSPS) is 20.1. The summed E-state index contributed by atoms with van der Waals surface area (Å²) in [5.41, 5.74) is 3.58. The zero-order valence-electron chi connectivity index (χ0n) is 35.1. The number of likely N-dealkylation sites (N-methyl/N-ethyl adjacent to an activating group) is 2. The maximum absolute atomic E-state index is 14.6. The molecule has 0 bridgehead atoms. The zero-order valence-corrected chi connectivity index (χ0v) is 35.1. The highest BCUT2D eigenvalue weighted by molar-refractivity contribution is 5.97. The second-order valence-electron chi connectivity index (χ2n) is 16.9. The highest BCUT2D eigenvalue weighted by Gasteiger charge is 2.55. The van der Waals surface area contributed by atoms with E-state index in [0.29, 0.717) is 12.8 Å². The number of ether oxygens (including phenoxy) is 4. The topological polar surface area (TPSA) is 161 Å². The van der Waals surface area contributed by atoms with Crippen molar-refractivity contribution in [2.24, 2.45) is 0 Å². The predicted octanol–water partition coefficient (Wildman–Crippen LogP) is 4.59. The molecule has 318 valence electrons. The molecule has 1 fully saturated rings. The molecule has 13 nitrogen and oxygen atoms in total. The summed E-state index contributed by atoms with van der Waals surface area (Å²) < 4.78 is 24.9. The lowest BCUT2D eigenvalue weighted by atomic mass is 9.90. The lowest BCUT2D eigenvalue weighted by Gasteiger charge is -2.34. The van der Waals surface area contributed by atoms with Crippen LogP contribution in [0.5, 0.6) is 0 Å². The fraction of sp³-hybridized carbons (Fsp3) is 0.426. The molecular weight excluding hydrogens is 767 g/mol. The Bertz CT molecular complexity index is 2080. The quantitative estimate of drug-likeness (QED) is 0.174. The largest absolute Gasteiger partial charge is 0.460 e. The standard InChI is InChI=1S/C47H55N3O10/c1-46(2,3)59-41(53)23-21-36(29-51)48-43(54)37(24-31-12-8-7-9-13-31)50(6)44(55)35-25-38(57-45(56)32-19-16-30(17-20-32)18-22-40(52)49(4)5)42-39(26-35)58-47(60-42)27-33-14-10-11-15-34(33)28-47/h7-20,22,26,36-39,42,51H,21,23-25,27-29H2,1-6H3,(H,48,54)/t36-,37+,38+,39+,42-/m0/s1. The van der Waals surface area contributed by atoms with Crippen LogP contribution in [0.15, 0.2) is 96.6 Å². The number of aliphatic hydroxyl groups is 1. The van der Waals surface area contributed by atoms with E-state index in [2.05, 4.69) is 5.32 Å². The molecule has 6 rings (SSSR count). The summed E-state index contributed by atoms with van der Waals surface area (Å²) in [5, 5.41) is 13.0. The van der Waals surface area contributed by atoms with Gasteiger partial charge >= 0.3 is 11.9 Å². The van der Waals surface area contributed by atoms with Gasteiger partial charge in [-0.1, -0.05) is 66.7 Å². The van der Waals surface area contributed by atoms with Crippen LogP contribution in [0, 0.1) is 0 Å². The van der Waals surface area contributed by atoms with Gasteiger partial charge in [-0.25, -0.2) is 4.79 Å². The first-order valence-corrected chi connectivity index (χ1v) is 20.3. The van der Waals surface area contributed by atoms with Crippen molar-refractivity contribution < 1.29 is 48.0 Å². The molecule has 2 N–H and O–H groups in total. The van der Waals surface area contributed by atoms with Crippen molar-refractivity contribution in [3.63, 3.8) is 0 Å². The third-order valence-corrected chi connectivity index (χ3v) is 10.8. The van der Waals surface area contributed by atoms with E-state index in [1.807, 2.05) is 54.6 Å². The average molecular weight is 822 g/mol. The number of hydrogen-bond donors (Lipinski definition) is 2. The van der Waals surface area contributed by atoms with Crippen molar-refractivity contribution in [2.75, 3.05) is 27.7 Å². The van der Waals surface area contributed by atoms with Gasteiger partial charge < -0.3 is 39.2 Å². The first-order valence-electron chi connectivity index (χ1n) is 20.3. The van der Waals surface area contributed by atoms with Gasteiger partial charge in [0.2, 0.25) is 17.7 Å². The van der Waals surface area contributed by atoms with Crippen molar-refractivity contribution in [3.05, 3.63) is 124 Å². The van der Waals surface area contributed by atoms with E-state index >= 15 is 0 Å². The first-order chi connectivity index (χ1) is 28.5. The molecule has 3 aliphatic rings.